The van der Waals surface area contributed by atoms with Crippen LogP contribution in [0.5, 0.6) is 0 Å². The van der Waals surface area contributed by atoms with Crippen LogP contribution >= 0.6 is 27.5 Å². The maximum absolute atomic E-state index is 12.6. The molecular weight excluding hydrogens is 700 g/mol. The molecule has 0 unspecified atom stereocenters. The normalized spacial score (nSPS) is 13.6. The molecule has 8 heteroatoms. The number of methoxy groups -OCH3 is 1. The summed E-state index contributed by atoms with van der Waals surface area (Å²) in [6.45, 7) is 1.21. The third kappa shape index (κ3) is 8.30. The van der Waals surface area contributed by atoms with Crippen molar-refractivity contribution in [3.63, 3.8) is 0 Å². The molecule has 0 spiro atoms. The molecule has 0 saturated heterocycles. The summed E-state index contributed by atoms with van der Waals surface area (Å²) in [7, 11) is 1.37. The first kappa shape index (κ1) is 34.2. The molecule has 5 aromatic carbocycles. The van der Waals surface area contributed by atoms with Crippen molar-refractivity contribution in [3.8, 4) is 0 Å². The number of hydrogen-bond donors (Lipinski definition) is 0. The monoisotopic (exact) mass is 734 g/mol. The predicted octanol–water partition coefficient (Wildman–Crippen LogP) is 9.13. The third-order valence-corrected chi connectivity index (χ3v) is 9.55. The highest BCUT2D eigenvalue weighted by atomic mass is 79.9. The number of anilines is 2. The van der Waals surface area contributed by atoms with Gasteiger partial charge in [0.15, 0.2) is 0 Å². The van der Waals surface area contributed by atoms with E-state index in [0.29, 0.717) is 42.9 Å². The Morgan fingerprint density at radius 3 is 1.80 bits per heavy atom. The van der Waals surface area contributed by atoms with E-state index in [9.17, 15) is 14.4 Å². The van der Waals surface area contributed by atoms with Gasteiger partial charge in [0.2, 0.25) is 11.8 Å². The van der Waals surface area contributed by atoms with Crippen LogP contribution in [0.4, 0.5) is 11.4 Å². The minimum absolute atomic E-state index is 0.143. The molecule has 0 bridgehead atoms. The van der Waals surface area contributed by atoms with Crippen molar-refractivity contribution in [2.24, 2.45) is 0 Å². The van der Waals surface area contributed by atoms with Gasteiger partial charge >= 0.3 is 5.97 Å². The quantitative estimate of drug-likeness (QED) is 0.157. The summed E-state index contributed by atoms with van der Waals surface area (Å²) in [4.78, 5) is 40.6. The van der Waals surface area contributed by atoms with E-state index in [0.717, 1.165) is 56.5 Å². The van der Waals surface area contributed by atoms with Gasteiger partial charge in [-0.05, 0) is 89.0 Å². The Labute approximate surface area is 300 Å². The van der Waals surface area contributed by atoms with Gasteiger partial charge in [0.1, 0.15) is 0 Å². The van der Waals surface area contributed by atoms with Gasteiger partial charge in [-0.15, -0.1) is 0 Å². The fraction of sp³-hybridized carbons (Fsp3) is 0.195. The number of aryl methyl sites for hydroxylation is 2. The summed E-state index contributed by atoms with van der Waals surface area (Å²) in [5.74, 6) is -0.0476. The van der Waals surface area contributed by atoms with E-state index in [1.54, 1.807) is 12.1 Å². The van der Waals surface area contributed by atoms with Crippen molar-refractivity contribution in [3.05, 3.63) is 164 Å². The van der Waals surface area contributed by atoms with Gasteiger partial charge < -0.3 is 14.5 Å². The number of esters is 1. The number of ether oxygens (including phenoxy) is 1. The fourth-order valence-electron chi connectivity index (χ4n) is 6.35. The summed E-state index contributed by atoms with van der Waals surface area (Å²) in [5.41, 5.74) is 9.07. The van der Waals surface area contributed by atoms with Crippen molar-refractivity contribution in [1.82, 2.24) is 0 Å². The van der Waals surface area contributed by atoms with Crippen LogP contribution in [0.25, 0.3) is 0 Å². The molecule has 2 aliphatic heterocycles. The van der Waals surface area contributed by atoms with Crippen molar-refractivity contribution in [1.29, 1.82) is 0 Å². The summed E-state index contributed by atoms with van der Waals surface area (Å²) in [6, 6.07) is 37.7. The van der Waals surface area contributed by atoms with E-state index in [4.69, 9.17) is 16.3 Å². The number of carbonyl (C=O) groups excluding carboxylic acids is 3. The molecule has 248 valence electrons. The van der Waals surface area contributed by atoms with Crippen LogP contribution in [0.2, 0.25) is 5.02 Å². The predicted molar refractivity (Wildman–Crippen MR) is 198 cm³/mol. The van der Waals surface area contributed by atoms with E-state index in [1.165, 1.54) is 12.7 Å². The van der Waals surface area contributed by atoms with Gasteiger partial charge in [-0.2, -0.15) is 0 Å². The highest BCUT2D eigenvalue weighted by Gasteiger charge is 2.26. The lowest BCUT2D eigenvalue weighted by Gasteiger charge is -2.30. The van der Waals surface area contributed by atoms with E-state index in [1.807, 2.05) is 88.7 Å². The Morgan fingerprint density at radius 2 is 1.22 bits per heavy atom. The molecule has 0 radical (unpaired) electrons. The lowest BCUT2D eigenvalue weighted by atomic mass is 9.94. The van der Waals surface area contributed by atoms with Gasteiger partial charge in [-0.25, -0.2) is 4.79 Å². The van der Waals surface area contributed by atoms with Gasteiger partial charge in [0, 0.05) is 33.7 Å². The lowest BCUT2D eigenvalue weighted by molar-refractivity contribution is -0.119. The van der Waals surface area contributed by atoms with Crippen molar-refractivity contribution in [2.45, 2.75) is 45.2 Å². The second-order valence-corrected chi connectivity index (χ2v) is 13.5. The molecule has 2 aliphatic rings. The number of carbonyl (C=O) groups is 3. The van der Waals surface area contributed by atoms with Gasteiger partial charge in [-0.1, -0.05) is 106 Å². The van der Waals surface area contributed by atoms with Crippen LogP contribution in [0.15, 0.2) is 120 Å². The van der Waals surface area contributed by atoms with Gasteiger partial charge in [0.25, 0.3) is 0 Å². The second-order valence-electron chi connectivity index (χ2n) is 12.1. The second kappa shape index (κ2) is 15.7. The Bertz CT molecular complexity index is 1980. The highest BCUT2D eigenvalue weighted by molar-refractivity contribution is 9.10. The van der Waals surface area contributed by atoms with E-state index >= 15 is 0 Å². The minimum Gasteiger partial charge on any atom is -0.465 e. The molecule has 7 rings (SSSR count). The average molecular weight is 736 g/mol. The smallest absolute Gasteiger partial charge is 0.338 e. The molecule has 0 saturated carbocycles. The maximum atomic E-state index is 12.6. The van der Waals surface area contributed by atoms with Crippen LogP contribution in [-0.2, 0) is 46.7 Å². The Hall–Kier alpha value is -4.72. The SMILES string of the molecule is COC(=O)c1cc(Cl)ccc1Cc1ccc2c(c1)CCC(=O)N2Cc1ccccc1.O=C1CCc2cc(Br)ccc2N1Cc1ccccc1. The third-order valence-electron chi connectivity index (χ3n) is 8.82. The zero-order valence-corrected chi connectivity index (χ0v) is 29.5. The molecule has 49 heavy (non-hydrogen) atoms. The van der Waals surface area contributed by atoms with Gasteiger partial charge in [-0.3, -0.25) is 9.59 Å². The topological polar surface area (TPSA) is 66.9 Å². The molecule has 0 aliphatic carbocycles. The molecule has 5 aromatic rings. The maximum Gasteiger partial charge on any atom is 0.338 e. The van der Waals surface area contributed by atoms with Crippen molar-refractivity contribution >= 4 is 56.7 Å². The molecule has 0 fully saturated rings. The zero-order valence-electron chi connectivity index (χ0n) is 27.2. The average Bonchev–Trinajstić information content (AvgIpc) is 3.12. The van der Waals surface area contributed by atoms with Crippen molar-refractivity contribution in [2.75, 3.05) is 16.9 Å². The largest absolute Gasteiger partial charge is 0.465 e. The zero-order chi connectivity index (χ0) is 34.3. The van der Waals surface area contributed by atoms with Crippen LogP contribution in [0.1, 0.15) is 56.6 Å². The van der Waals surface area contributed by atoms with Crippen LogP contribution in [0, 0.1) is 0 Å². The molecular formula is C41H36BrClN2O4. The number of fused-ring (bicyclic) bond motifs is 2. The number of rotatable bonds is 7. The number of halogens is 2. The standard InChI is InChI=1S/C25H22ClNO3.C16H14BrNO/c1-30-25(29)22-15-21(26)10-8-19(22)13-18-7-11-23-20(14-18)9-12-24(28)27(23)16-17-5-3-2-4-6-17;17-14-7-8-15-13(10-14)6-9-16(19)18(15)11-12-4-2-1-3-5-12/h2-8,10-11,14-15H,9,12-13,16H2,1H3;1-5,7-8,10H,6,9,11H2. The lowest BCUT2D eigenvalue weighted by Crippen LogP contribution is -2.34. The molecule has 0 aromatic heterocycles. The summed E-state index contributed by atoms with van der Waals surface area (Å²) < 4.78 is 5.97. The number of hydrogen-bond acceptors (Lipinski definition) is 4. The molecule has 0 atom stereocenters. The molecule has 2 amide bonds. The minimum atomic E-state index is -0.398. The van der Waals surface area contributed by atoms with Crippen LogP contribution in [0.3, 0.4) is 0 Å². The first-order chi connectivity index (χ1) is 23.8. The molecule has 2 heterocycles. The van der Waals surface area contributed by atoms with Crippen molar-refractivity contribution < 1.29 is 19.1 Å². The Balaban J connectivity index is 0.000000188. The molecule has 6 nitrogen and oxygen atoms in total. The first-order valence-electron chi connectivity index (χ1n) is 16.2. The number of nitrogens with zero attached hydrogens (tertiary/aromatic N) is 2. The van der Waals surface area contributed by atoms with Crippen LogP contribution < -0.4 is 9.80 Å². The Morgan fingerprint density at radius 1 is 0.673 bits per heavy atom. The number of amides is 2. The fourth-order valence-corrected chi connectivity index (χ4v) is 6.93. The first-order valence-corrected chi connectivity index (χ1v) is 17.4. The van der Waals surface area contributed by atoms with E-state index < -0.39 is 5.97 Å². The molecule has 0 N–H and O–H groups in total. The number of benzene rings is 5. The Kier molecular flexibility index (Phi) is 10.9. The van der Waals surface area contributed by atoms with E-state index in [2.05, 4.69) is 40.2 Å². The van der Waals surface area contributed by atoms with E-state index in [-0.39, 0.29) is 11.8 Å². The van der Waals surface area contributed by atoms with Crippen LogP contribution in [-0.4, -0.2) is 24.9 Å². The highest BCUT2D eigenvalue weighted by Crippen LogP contribution is 2.33. The van der Waals surface area contributed by atoms with Gasteiger partial charge in [0.05, 0.1) is 25.8 Å². The summed E-state index contributed by atoms with van der Waals surface area (Å²) in [6.07, 6.45) is 3.23. The summed E-state index contributed by atoms with van der Waals surface area (Å²) in [5, 5.41) is 0.500. The summed E-state index contributed by atoms with van der Waals surface area (Å²) >= 11 is 9.56.